The van der Waals surface area contributed by atoms with Gasteiger partial charge in [-0.3, -0.25) is 0 Å². The Bertz CT molecular complexity index is 1250. The molecule has 12 nitrogen and oxygen atoms in total. The van der Waals surface area contributed by atoms with E-state index < -0.39 is 17.1 Å². The number of hydrogen-bond donors (Lipinski definition) is 0. The van der Waals surface area contributed by atoms with Crippen LogP contribution in [0.4, 0.5) is 0 Å². The first kappa shape index (κ1) is 56.9. The number of carbonyl (C=O) groups excluding carboxylic acids is 3. The van der Waals surface area contributed by atoms with Gasteiger partial charge in [-0.15, -0.1) is 0 Å². The summed E-state index contributed by atoms with van der Waals surface area (Å²) in [5.41, 5.74) is -2.57. The molecule has 60 heavy (non-hydrogen) atoms. The molecular weight excluding hydrogens is 883 g/mol. The summed E-state index contributed by atoms with van der Waals surface area (Å²) in [5.74, 6) is 2.58. The van der Waals surface area contributed by atoms with Crippen LogP contribution in [0.5, 0.6) is 0 Å². The summed E-state index contributed by atoms with van der Waals surface area (Å²) < 4.78 is 18.9. The molecular formula is C42H78N3O9S6+3. The van der Waals surface area contributed by atoms with E-state index in [0.717, 1.165) is 102 Å². The maximum Gasteiger partial charge on any atom is 0.561 e. The molecule has 0 bridgehead atoms. The Morgan fingerprint density at radius 2 is 0.600 bits per heavy atom. The molecule has 1 rings (SSSR count). The summed E-state index contributed by atoms with van der Waals surface area (Å²) in [4.78, 5) is 71.3. The Labute approximate surface area is 383 Å². The zero-order chi connectivity index (χ0) is 43.9. The van der Waals surface area contributed by atoms with Crippen LogP contribution in [0.3, 0.4) is 0 Å². The van der Waals surface area contributed by atoms with Crippen LogP contribution in [0, 0.1) is 0 Å². The smallest absolute Gasteiger partial charge is 0.329 e. The highest BCUT2D eigenvalue weighted by atomic mass is 33.1. The lowest BCUT2D eigenvalue weighted by molar-refractivity contribution is 0.237. The number of hydrogen-bond acceptors (Lipinski definition) is 12. The van der Waals surface area contributed by atoms with Gasteiger partial charge in [-0.05, 0) is 19.3 Å². The first-order valence-electron chi connectivity index (χ1n) is 22.7. The molecule has 3 N–H and O–H groups in total. The maximum absolute atomic E-state index is 13.5. The van der Waals surface area contributed by atoms with Gasteiger partial charge >= 0.3 is 33.0 Å². The van der Waals surface area contributed by atoms with Crippen molar-refractivity contribution in [1.29, 1.82) is 0 Å². The van der Waals surface area contributed by atoms with Gasteiger partial charge < -0.3 is 28.6 Å². The van der Waals surface area contributed by atoms with E-state index in [0.29, 0.717) is 0 Å². The van der Waals surface area contributed by atoms with Crippen LogP contribution in [0.25, 0.3) is 0 Å². The number of aromatic nitrogens is 3. The van der Waals surface area contributed by atoms with Gasteiger partial charge in [0.2, 0.25) is 19.8 Å². The van der Waals surface area contributed by atoms with Crippen LogP contribution in [-0.2, 0) is 33.8 Å². The Morgan fingerprint density at radius 3 is 0.833 bits per heavy atom. The fourth-order valence-corrected chi connectivity index (χ4v) is 11.2. The lowest BCUT2D eigenvalue weighted by Crippen LogP contribution is -2.55. The lowest BCUT2D eigenvalue weighted by Gasteiger charge is -2.11. The average Bonchev–Trinajstić information content (AvgIpc) is 3.23. The van der Waals surface area contributed by atoms with E-state index in [1.807, 2.05) is 0 Å². The molecule has 0 saturated heterocycles. The molecule has 0 spiro atoms. The minimum Gasteiger partial charge on any atom is -0.329 e. The van der Waals surface area contributed by atoms with Gasteiger partial charge in [-0.1, -0.05) is 188 Å². The van der Waals surface area contributed by atoms with E-state index in [4.69, 9.17) is 14.2 Å². The molecule has 0 atom stereocenters. The van der Waals surface area contributed by atoms with Crippen molar-refractivity contribution >= 4 is 80.7 Å². The van der Waals surface area contributed by atoms with E-state index in [1.165, 1.54) is 148 Å². The summed E-state index contributed by atoms with van der Waals surface area (Å²) in [7, 11) is 7.77. The SMILES string of the molecule is CCCCCCCCCCSSC(=[OH+])OCCn1c(=O)n(CCOC(=[OH+])SSCCCCCCCCCC)c(=O)n(CCOC(=[OH+])SSCCCCCCCCCC)c1=O. The van der Waals surface area contributed by atoms with Crippen molar-refractivity contribution in [2.75, 3.05) is 37.1 Å². The predicted octanol–water partition coefficient (Wildman–Crippen LogP) is 11.2. The molecule has 18 heteroatoms. The predicted molar refractivity (Wildman–Crippen MR) is 266 cm³/mol. The quantitative estimate of drug-likeness (QED) is 0.0202. The highest BCUT2D eigenvalue weighted by molar-refractivity contribution is 8.82. The molecule has 0 saturated carbocycles. The van der Waals surface area contributed by atoms with Crippen LogP contribution in [0.2, 0.25) is 0 Å². The molecule has 0 radical (unpaired) electrons. The van der Waals surface area contributed by atoms with Crippen LogP contribution >= 0.6 is 64.8 Å². The third-order valence-corrected chi connectivity index (χ3v) is 16.0. The van der Waals surface area contributed by atoms with E-state index in [9.17, 15) is 28.8 Å². The maximum atomic E-state index is 13.5. The summed E-state index contributed by atoms with van der Waals surface area (Å²) in [6.45, 7) is 5.44. The van der Waals surface area contributed by atoms with E-state index >= 15 is 0 Å². The summed E-state index contributed by atoms with van der Waals surface area (Å²) in [5, 5.41) is -0.804. The van der Waals surface area contributed by atoms with Gasteiger partial charge in [0.05, 0.1) is 52.0 Å². The number of nitrogens with zero attached hydrogens (tertiary/aromatic N) is 3. The lowest BCUT2D eigenvalue weighted by atomic mass is 10.1. The normalized spacial score (nSPS) is 11.2. The topological polar surface area (TPSA) is 158 Å². The average molecular weight is 961 g/mol. The van der Waals surface area contributed by atoms with E-state index in [-0.39, 0.29) is 55.4 Å². The van der Waals surface area contributed by atoms with Crippen LogP contribution in [-0.4, -0.2) is 81.1 Å². The van der Waals surface area contributed by atoms with Gasteiger partial charge in [0, 0.05) is 17.3 Å². The van der Waals surface area contributed by atoms with Crippen molar-refractivity contribution in [3.63, 3.8) is 0 Å². The Kier molecular flexibility index (Phi) is 38.6. The fourth-order valence-electron chi connectivity index (χ4n) is 6.16. The highest BCUT2D eigenvalue weighted by Gasteiger charge is 2.22. The molecule has 0 aliphatic heterocycles. The van der Waals surface area contributed by atoms with Crippen molar-refractivity contribution in [2.24, 2.45) is 0 Å². The first-order chi connectivity index (χ1) is 29.3. The minimum absolute atomic E-state index is 0.180. The zero-order valence-corrected chi connectivity index (χ0v) is 41.8. The molecule has 1 heterocycles. The van der Waals surface area contributed by atoms with Gasteiger partial charge in [-0.2, -0.15) is 0 Å². The molecule has 0 aliphatic rings. The van der Waals surface area contributed by atoms with Crippen molar-refractivity contribution in [1.82, 2.24) is 13.7 Å². The second-order valence-corrected chi connectivity index (χ2v) is 21.9. The van der Waals surface area contributed by atoms with Gasteiger partial charge in [0.25, 0.3) is 0 Å². The standard InChI is InChI=1S/C42H75N3O9S6/c1-4-7-10-13-16-19-22-25-34-55-58-40(49)52-31-28-43-37(46)44(29-32-53-41(50)59-56-35-26-23-20-17-14-11-8-5-2)39(48)45(38(43)47)30-33-54-42(51)60-57-36-27-24-21-18-15-12-9-6-3/h4-36H2,1-3H3/p+3. The first-order valence-corrected chi connectivity index (χ1v) is 29.6. The number of ether oxygens (including phenoxy) is 3. The molecule has 0 fully saturated rings. The zero-order valence-electron chi connectivity index (χ0n) is 36.9. The van der Waals surface area contributed by atoms with Crippen molar-refractivity contribution in [3.05, 3.63) is 31.5 Å². The molecule has 348 valence electrons. The van der Waals surface area contributed by atoms with Gasteiger partial charge in [0.1, 0.15) is 0 Å². The van der Waals surface area contributed by atoms with Crippen LogP contribution in [0.15, 0.2) is 14.4 Å². The third-order valence-electron chi connectivity index (χ3n) is 9.64. The van der Waals surface area contributed by atoms with Crippen LogP contribution < -0.4 is 17.1 Å². The molecule has 0 amide bonds. The molecule has 0 aliphatic carbocycles. The molecule has 1 aromatic heterocycles. The number of rotatable bonds is 39. The molecule has 0 unspecified atom stereocenters. The monoisotopic (exact) mass is 960 g/mol. The van der Waals surface area contributed by atoms with Crippen LogP contribution in [0.1, 0.15) is 175 Å². The minimum atomic E-state index is -0.857. The summed E-state index contributed by atoms with van der Waals surface area (Å²) in [6, 6.07) is 0. The van der Waals surface area contributed by atoms with E-state index in [1.54, 1.807) is 0 Å². The summed E-state index contributed by atoms with van der Waals surface area (Å²) in [6.07, 6.45) is 29.3. The Hall–Kier alpha value is -1.08. The van der Waals surface area contributed by atoms with Crippen molar-refractivity contribution < 1.29 is 28.6 Å². The second kappa shape index (κ2) is 40.7. The Balaban J connectivity index is 2.69. The third kappa shape index (κ3) is 30.1. The molecule has 1 aromatic rings. The van der Waals surface area contributed by atoms with E-state index in [2.05, 4.69) is 20.8 Å². The Morgan fingerprint density at radius 1 is 0.383 bits per heavy atom. The van der Waals surface area contributed by atoms with Gasteiger partial charge in [-0.25, -0.2) is 28.1 Å². The molecule has 0 aromatic carbocycles. The van der Waals surface area contributed by atoms with Crippen molar-refractivity contribution in [2.45, 2.75) is 195 Å². The number of unbranched alkanes of at least 4 members (excludes halogenated alkanes) is 21. The largest absolute Gasteiger partial charge is 0.561 e. The highest BCUT2D eigenvalue weighted by Crippen LogP contribution is 2.26. The summed E-state index contributed by atoms with van der Waals surface area (Å²) >= 11 is 0. The second-order valence-electron chi connectivity index (χ2n) is 14.8. The van der Waals surface area contributed by atoms with Crippen molar-refractivity contribution in [3.8, 4) is 0 Å². The van der Waals surface area contributed by atoms with Gasteiger partial charge in [0.15, 0.2) is 0 Å². The fraction of sp³-hybridized carbons (Fsp3) is 0.857.